The second-order valence-electron chi connectivity index (χ2n) is 4.31. The van der Waals surface area contributed by atoms with Crippen LogP contribution in [0.1, 0.15) is 15.4 Å². The molecular formula is C15H12N2OS. The Labute approximate surface area is 114 Å². The maximum absolute atomic E-state index is 12.1. The Kier molecular flexibility index (Phi) is 3.01. The molecule has 1 N–H and O–H groups in total. The van der Waals surface area contributed by atoms with E-state index in [0.717, 1.165) is 21.5 Å². The van der Waals surface area contributed by atoms with E-state index in [4.69, 9.17) is 0 Å². The van der Waals surface area contributed by atoms with E-state index in [1.165, 1.54) is 11.3 Å². The van der Waals surface area contributed by atoms with Crippen LogP contribution >= 0.6 is 11.3 Å². The van der Waals surface area contributed by atoms with Crippen LogP contribution in [0.5, 0.6) is 0 Å². The van der Waals surface area contributed by atoms with E-state index in [1.54, 1.807) is 0 Å². The Balaban J connectivity index is 1.85. The van der Waals surface area contributed by atoms with Gasteiger partial charge in [-0.1, -0.05) is 29.8 Å². The molecule has 0 aliphatic carbocycles. The zero-order valence-electron chi connectivity index (χ0n) is 10.4. The number of aryl methyl sites for hydroxylation is 1. The lowest BCUT2D eigenvalue weighted by Gasteiger charge is -2.02. The molecule has 3 nitrogen and oxygen atoms in total. The minimum atomic E-state index is -0.162. The van der Waals surface area contributed by atoms with Gasteiger partial charge in [-0.15, -0.1) is 11.3 Å². The predicted octanol–water partition coefficient (Wildman–Crippen LogP) is 3.86. The molecule has 0 aliphatic heterocycles. The Morgan fingerprint density at radius 2 is 1.84 bits per heavy atom. The van der Waals surface area contributed by atoms with Gasteiger partial charge in [-0.25, -0.2) is 4.98 Å². The third-order valence-corrected chi connectivity index (χ3v) is 3.83. The summed E-state index contributed by atoms with van der Waals surface area (Å²) in [5.41, 5.74) is 2.81. The number of hydrogen-bond acceptors (Lipinski definition) is 3. The number of thiazole rings is 1. The Hall–Kier alpha value is -2.20. The second-order valence-corrected chi connectivity index (χ2v) is 5.34. The first-order valence-electron chi connectivity index (χ1n) is 5.96. The van der Waals surface area contributed by atoms with Crippen molar-refractivity contribution in [3.8, 4) is 0 Å². The highest BCUT2D eigenvalue weighted by Gasteiger charge is 2.11. The molecule has 1 amide bonds. The van der Waals surface area contributed by atoms with Crippen molar-refractivity contribution < 1.29 is 4.79 Å². The number of benzene rings is 2. The molecule has 0 saturated heterocycles. The second kappa shape index (κ2) is 4.82. The van der Waals surface area contributed by atoms with Crippen LogP contribution in [0.4, 0.5) is 5.69 Å². The number of nitrogens with zero attached hydrogens (tertiary/aromatic N) is 1. The van der Waals surface area contributed by atoms with Crippen LogP contribution in [0.2, 0.25) is 0 Å². The lowest BCUT2D eigenvalue weighted by Crippen LogP contribution is -2.11. The maximum Gasteiger partial charge on any atom is 0.284 e. The smallest absolute Gasteiger partial charge is 0.284 e. The van der Waals surface area contributed by atoms with E-state index in [-0.39, 0.29) is 5.91 Å². The van der Waals surface area contributed by atoms with E-state index in [1.807, 2.05) is 55.5 Å². The number of hydrogen-bond donors (Lipinski definition) is 1. The molecular weight excluding hydrogens is 256 g/mol. The Morgan fingerprint density at radius 1 is 1.11 bits per heavy atom. The van der Waals surface area contributed by atoms with Gasteiger partial charge in [-0.05, 0) is 31.2 Å². The molecule has 94 valence electrons. The van der Waals surface area contributed by atoms with Gasteiger partial charge >= 0.3 is 0 Å². The average Bonchev–Trinajstić information content (AvgIpc) is 2.85. The standard InChI is InChI=1S/C15H12N2OS/c1-10-6-8-11(9-7-10)16-14(18)15-17-12-4-2-3-5-13(12)19-15/h2-9H,1H3,(H,16,18). The number of carbonyl (C=O) groups excluding carboxylic acids is 1. The summed E-state index contributed by atoms with van der Waals surface area (Å²) in [6, 6.07) is 15.5. The van der Waals surface area contributed by atoms with Crippen LogP contribution in [-0.2, 0) is 0 Å². The summed E-state index contributed by atoms with van der Waals surface area (Å²) in [6.07, 6.45) is 0. The van der Waals surface area contributed by atoms with E-state index >= 15 is 0 Å². The van der Waals surface area contributed by atoms with Crippen LogP contribution in [0.15, 0.2) is 48.5 Å². The summed E-state index contributed by atoms with van der Waals surface area (Å²) < 4.78 is 1.02. The van der Waals surface area contributed by atoms with Gasteiger partial charge in [-0.2, -0.15) is 0 Å². The number of amides is 1. The summed E-state index contributed by atoms with van der Waals surface area (Å²) in [5.74, 6) is -0.162. The monoisotopic (exact) mass is 268 g/mol. The van der Waals surface area contributed by atoms with Crippen molar-refractivity contribution in [3.05, 3.63) is 59.1 Å². The number of anilines is 1. The van der Waals surface area contributed by atoms with Crippen LogP contribution in [0, 0.1) is 6.92 Å². The van der Waals surface area contributed by atoms with Gasteiger partial charge in [0.2, 0.25) is 0 Å². The van der Waals surface area contributed by atoms with Crippen LogP contribution in [0.3, 0.4) is 0 Å². The number of fused-ring (bicyclic) bond motifs is 1. The largest absolute Gasteiger partial charge is 0.320 e. The maximum atomic E-state index is 12.1. The van der Waals surface area contributed by atoms with Crippen molar-refractivity contribution in [1.82, 2.24) is 4.98 Å². The molecule has 0 atom stereocenters. The van der Waals surface area contributed by atoms with Crippen molar-refractivity contribution in [2.45, 2.75) is 6.92 Å². The fourth-order valence-corrected chi connectivity index (χ4v) is 2.65. The highest BCUT2D eigenvalue weighted by Crippen LogP contribution is 2.22. The molecule has 2 aromatic carbocycles. The molecule has 1 aromatic heterocycles. The zero-order chi connectivity index (χ0) is 13.2. The SMILES string of the molecule is Cc1ccc(NC(=O)c2nc3ccccc3s2)cc1. The topological polar surface area (TPSA) is 42.0 Å². The molecule has 0 fully saturated rings. The van der Waals surface area contributed by atoms with Crippen molar-refractivity contribution in [2.75, 3.05) is 5.32 Å². The lowest BCUT2D eigenvalue weighted by atomic mass is 10.2. The molecule has 0 aliphatic rings. The molecule has 19 heavy (non-hydrogen) atoms. The zero-order valence-corrected chi connectivity index (χ0v) is 11.2. The average molecular weight is 268 g/mol. The van der Waals surface area contributed by atoms with Crippen molar-refractivity contribution >= 4 is 33.1 Å². The van der Waals surface area contributed by atoms with Crippen molar-refractivity contribution in [1.29, 1.82) is 0 Å². The van der Waals surface area contributed by atoms with Gasteiger partial charge in [0.05, 0.1) is 10.2 Å². The van der Waals surface area contributed by atoms with E-state index in [2.05, 4.69) is 10.3 Å². The van der Waals surface area contributed by atoms with Crippen molar-refractivity contribution in [3.63, 3.8) is 0 Å². The molecule has 0 radical (unpaired) electrons. The van der Waals surface area contributed by atoms with Gasteiger partial charge in [0.15, 0.2) is 5.01 Å². The molecule has 0 saturated carbocycles. The fraction of sp³-hybridized carbons (Fsp3) is 0.0667. The van der Waals surface area contributed by atoms with Gasteiger partial charge in [0, 0.05) is 5.69 Å². The summed E-state index contributed by atoms with van der Waals surface area (Å²) in [4.78, 5) is 16.4. The Bertz CT molecular complexity index is 698. The molecule has 3 rings (SSSR count). The fourth-order valence-electron chi connectivity index (χ4n) is 1.79. The van der Waals surface area contributed by atoms with E-state index < -0.39 is 0 Å². The molecule has 1 heterocycles. The minimum absolute atomic E-state index is 0.162. The van der Waals surface area contributed by atoms with E-state index in [0.29, 0.717) is 5.01 Å². The normalized spacial score (nSPS) is 10.6. The summed E-state index contributed by atoms with van der Waals surface area (Å²) in [6.45, 7) is 2.01. The third-order valence-electron chi connectivity index (χ3n) is 2.80. The first-order valence-corrected chi connectivity index (χ1v) is 6.77. The van der Waals surface area contributed by atoms with Crippen LogP contribution in [-0.4, -0.2) is 10.9 Å². The minimum Gasteiger partial charge on any atom is -0.320 e. The molecule has 0 bridgehead atoms. The van der Waals surface area contributed by atoms with Gasteiger partial charge in [0.25, 0.3) is 5.91 Å². The van der Waals surface area contributed by atoms with Gasteiger partial charge < -0.3 is 5.32 Å². The van der Waals surface area contributed by atoms with Gasteiger partial charge in [-0.3, -0.25) is 4.79 Å². The number of para-hydroxylation sites is 1. The number of carbonyl (C=O) groups is 1. The first kappa shape index (κ1) is 11.9. The first-order chi connectivity index (χ1) is 9.22. The molecule has 0 unspecified atom stereocenters. The summed E-state index contributed by atoms with van der Waals surface area (Å²) >= 11 is 1.40. The Morgan fingerprint density at radius 3 is 2.58 bits per heavy atom. The summed E-state index contributed by atoms with van der Waals surface area (Å²) in [5, 5.41) is 3.34. The van der Waals surface area contributed by atoms with Crippen LogP contribution < -0.4 is 5.32 Å². The molecule has 4 heteroatoms. The van der Waals surface area contributed by atoms with Crippen LogP contribution in [0.25, 0.3) is 10.2 Å². The van der Waals surface area contributed by atoms with Crippen molar-refractivity contribution in [2.24, 2.45) is 0 Å². The quantitative estimate of drug-likeness (QED) is 0.767. The van der Waals surface area contributed by atoms with E-state index in [9.17, 15) is 4.79 Å². The predicted molar refractivity (Wildman–Crippen MR) is 78.8 cm³/mol. The number of nitrogens with one attached hydrogen (secondary N) is 1. The highest BCUT2D eigenvalue weighted by molar-refractivity contribution is 7.20. The number of rotatable bonds is 2. The third kappa shape index (κ3) is 2.48. The van der Waals surface area contributed by atoms with Gasteiger partial charge in [0.1, 0.15) is 0 Å². The molecule has 0 spiro atoms. The summed E-state index contributed by atoms with van der Waals surface area (Å²) in [7, 11) is 0. The number of aromatic nitrogens is 1. The molecule has 3 aromatic rings. The highest BCUT2D eigenvalue weighted by atomic mass is 32.1. The lowest BCUT2D eigenvalue weighted by molar-refractivity contribution is 0.102.